The summed E-state index contributed by atoms with van der Waals surface area (Å²) in [5, 5.41) is 9.13. The third kappa shape index (κ3) is 4.14. The van der Waals surface area contributed by atoms with Gasteiger partial charge in [-0.05, 0) is 57.5 Å². The van der Waals surface area contributed by atoms with Gasteiger partial charge in [-0.25, -0.2) is 4.79 Å². The molecule has 0 aliphatic carbocycles. The quantitative estimate of drug-likeness (QED) is 0.908. The van der Waals surface area contributed by atoms with Crippen molar-refractivity contribution in [3.8, 4) is 0 Å². The van der Waals surface area contributed by atoms with E-state index in [-0.39, 0.29) is 5.56 Å². The Labute approximate surface area is 128 Å². The summed E-state index contributed by atoms with van der Waals surface area (Å²) in [5.41, 5.74) is 0.950. The van der Waals surface area contributed by atoms with E-state index in [0.29, 0.717) is 22.3 Å². The van der Waals surface area contributed by atoms with Crippen LogP contribution in [0.3, 0.4) is 0 Å². The average Bonchev–Trinajstić information content (AvgIpc) is 2.46. The van der Waals surface area contributed by atoms with Crippen LogP contribution in [-0.2, 0) is 10.8 Å². The van der Waals surface area contributed by atoms with Crippen molar-refractivity contribution in [3.63, 3.8) is 0 Å². The van der Waals surface area contributed by atoms with Crippen LogP contribution in [0.15, 0.2) is 23.1 Å². The lowest BCUT2D eigenvalue weighted by atomic mass is 10.0. The van der Waals surface area contributed by atoms with Gasteiger partial charge in [0.2, 0.25) is 0 Å². The average molecular weight is 309 g/mol. The minimum atomic E-state index is -1.13. The molecule has 2 atom stereocenters. The number of aromatic carboxylic acids is 1. The molecular formula is C16H23NO3S. The van der Waals surface area contributed by atoms with Gasteiger partial charge in [-0.1, -0.05) is 12.5 Å². The van der Waals surface area contributed by atoms with Crippen LogP contribution in [0.1, 0.15) is 41.6 Å². The summed E-state index contributed by atoms with van der Waals surface area (Å²) in [6.07, 6.45) is 4.56. The lowest BCUT2D eigenvalue weighted by Gasteiger charge is -2.32. The smallest absolute Gasteiger partial charge is 0.335 e. The largest absolute Gasteiger partial charge is 0.478 e. The number of carboxylic acids is 1. The Morgan fingerprint density at radius 1 is 1.43 bits per heavy atom. The molecule has 2 rings (SSSR count). The van der Waals surface area contributed by atoms with Gasteiger partial charge in [-0.15, -0.1) is 0 Å². The lowest BCUT2D eigenvalue weighted by molar-refractivity contribution is 0.0696. The minimum absolute atomic E-state index is 0.246. The van der Waals surface area contributed by atoms with Crippen LogP contribution < -0.4 is 0 Å². The first-order valence-electron chi connectivity index (χ1n) is 7.41. The van der Waals surface area contributed by atoms with Gasteiger partial charge in [0.15, 0.2) is 0 Å². The van der Waals surface area contributed by atoms with E-state index in [1.165, 1.54) is 19.3 Å². The van der Waals surface area contributed by atoms with Crippen molar-refractivity contribution in [2.24, 2.45) is 0 Å². The lowest BCUT2D eigenvalue weighted by Crippen LogP contribution is -2.37. The maximum atomic E-state index is 12.4. The van der Waals surface area contributed by atoms with Crippen LogP contribution in [-0.4, -0.2) is 45.6 Å². The molecule has 0 aromatic heterocycles. The highest BCUT2D eigenvalue weighted by atomic mass is 32.2. The van der Waals surface area contributed by atoms with Gasteiger partial charge in [0.25, 0.3) is 0 Å². The number of carbonyl (C=O) groups is 1. The van der Waals surface area contributed by atoms with E-state index in [4.69, 9.17) is 5.11 Å². The molecule has 5 heteroatoms. The van der Waals surface area contributed by atoms with Crippen LogP contribution >= 0.6 is 0 Å². The number of nitrogens with zero attached hydrogens (tertiary/aromatic N) is 1. The van der Waals surface area contributed by atoms with Crippen LogP contribution in [0.4, 0.5) is 0 Å². The molecule has 4 nitrogen and oxygen atoms in total. The van der Waals surface area contributed by atoms with Crippen molar-refractivity contribution in [2.45, 2.75) is 43.5 Å². The summed E-state index contributed by atoms with van der Waals surface area (Å²) >= 11 is 0. The third-order valence-electron chi connectivity index (χ3n) is 4.26. The van der Waals surface area contributed by atoms with Gasteiger partial charge >= 0.3 is 5.97 Å². The summed E-state index contributed by atoms with van der Waals surface area (Å²) < 4.78 is 12.4. The van der Waals surface area contributed by atoms with E-state index in [2.05, 4.69) is 11.9 Å². The van der Waals surface area contributed by atoms with Gasteiger partial charge in [0.1, 0.15) is 0 Å². The first-order valence-corrected chi connectivity index (χ1v) is 8.73. The molecule has 1 aromatic rings. The van der Waals surface area contributed by atoms with Crippen LogP contribution in [0.2, 0.25) is 0 Å². The van der Waals surface area contributed by atoms with Crippen LogP contribution in [0.25, 0.3) is 0 Å². The monoisotopic (exact) mass is 309 g/mol. The number of carboxylic acid groups (broad SMARTS) is 1. The summed E-state index contributed by atoms with van der Waals surface area (Å²) in [7, 11) is 1.00. The summed E-state index contributed by atoms with van der Waals surface area (Å²) in [6, 6.07) is 5.58. The molecule has 0 saturated carbocycles. The zero-order valence-corrected chi connectivity index (χ0v) is 13.5. The number of likely N-dealkylation sites (tertiary alicyclic amines) is 1. The highest BCUT2D eigenvalue weighted by molar-refractivity contribution is 7.85. The Bertz CT molecular complexity index is 544. The molecule has 1 aliphatic rings. The summed E-state index contributed by atoms with van der Waals surface area (Å²) in [6.45, 7) is 2.87. The van der Waals surface area contributed by atoms with E-state index < -0.39 is 16.8 Å². The molecule has 0 bridgehead atoms. The Hall–Kier alpha value is -1.20. The molecule has 0 amide bonds. The van der Waals surface area contributed by atoms with Gasteiger partial charge in [0, 0.05) is 16.7 Å². The molecule has 1 aliphatic heterocycles. The predicted molar refractivity (Wildman–Crippen MR) is 84.3 cm³/mol. The summed E-state index contributed by atoms with van der Waals surface area (Å²) in [4.78, 5) is 14.1. The minimum Gasteiger partial charge on any atom is -0.478 e. The van der Waals surface area contributed by atoms with Gasteiger partial charge in [-0.3, -0.25) is 4.21 Å². The Kier molecular flexibility index (Phi) is 5.53. The fourth-order valence-electron chi connectivity index (χ4n) is 2.84. The summed E-state index contributed by atoms with van der Waals surface area (Å²) in [5.74, 6) is -0.365. The van der Waals surface area contributed by atoms with Gasteiger partial charge in [0.05, 0.1) is 16.4 Å². The highest BCUT2D eigenvalue weighted by Crippen LogP contribution is 2.20. The molecule has 0 radical (unpaired) electrons. The molecule has 1 fully saturated rings. The van der Waals surface area contributed by atoms with Crippen LogP contribution in [0.5, 0.6) is 0 Å². The van der Waals surface area contributed by atoms with E-state index in [0.717, 1.165) is 13.0 Å². The van der Waals surface area contributed by atoms with Crippen molar-refractivity contribution in [1.29, 1.82) is 0 Å². The normalized spacial score (nSPS) is 21.1. The Balaban J connectivity index is 2.00. The van der Waals surface area contributed by atoms with Crippen molar-refractivity contribution < 1.29 is 14.1 Å². The molecule has 0 spiro atoms. The van der Waals surface area contributed by atoms with Crippen molar-refractivity contribution >= 4 is 16.8 Å². The number of hydrogen-bond donors (Lipinski definition) is 1. The van der Waals surface area contributed by atoms with E-state index in [1.54, 1.807) is 25.1 Å². The van der Waals surface area contributed by atoms with Crippen molar-refractivity contribution in [2.75, 3.05) is 19.3 Å². The molecule has 116 valence electrons. The first-order chi connectivity index (χ1) is 9.99. The fraction of sp³-hybridized carbons (Fsp3) is 0.562. The second kappa shape index (κ2) is 7.18. The molecule has 21 heavy (non-hydrogen) atoms. The van der Waals surface area contributed by atoms with E-state index in [1.807, 2.05) is 0 Å². The third-order valence-corrected chi connectivity index (χ3v) is 5.65. The maximum Gasteiger partial charge on any atom is 0.335 e. The SMILES string of the molecule is Cc1ccc(S(=O)CCC2CCCCN2C)cc1C(=O)O. The Morgan fingerprint density at radius 3 is 2.86 bits per heavy atom. The number of hydrogen-bond acceptors (Lipinski definition) is 3. The number of aryl methyl sites for hydroxylation is 1. The maximum absolute atomic E-state index is 12.4. The van der Waals surface area contributed by atoms with Gasteiger partial charge in [-0.2, -0.15) is 0 Å². The molecule has 1 aromatic carbocycles. The zero-order valence-electron chi connectivity index (χ0n) is 12.7. The van der Waals surface area contributed by atoms with Crippen molar-refractivity contribution in [3.05, 3.63) is 29.3 Å². The fourth-order valence-corrected chi connectivity index (χ4v) is 4.03. The van der Waals surface area contributed by atoms with Crippen LogP contribution in [0, 0.1) is 6.92 Å². The molecule has 1 saturated heterocycles. The highest BCUT2D eigenvalue weighted by Gasteiger charge is 2.20. The van der Waals surface area contributed by atoms with E-state index in [9.17, 15) is 9.00 Å². The first kappa shape index (κ1) is 16.2. The second-order valence-electron chi connectivity index (χ2n) is 5.75. The Morgan fingerprint density at radius 2 is 2.19 bits per heavy atom. The standard InChI is InChI=1S/C16H23NO3S/c1-12-6-7-14(11-15(12)16(18)19)21(20)10-8-13-5-3-4-9-17(13)2/h6-7,11,13H,3-5,8-10H2,1-2H3,(H,18,19). The predicted octanol–water partition coefficient (Wildman–Crippen LogP) is 2.68. The zero-order chi connectivity index (χ0) is 15.4. The molecule has 2 unspecified atom stereocenters. The second-order valence-corrected chi connectivity index (χ2v) is 7.32. The topological polar surface area (TPSA) is 57.6 Å². The van der Waals surface area contributed by atoms with Gasteiger partial charge < -0.3 is 10.0 Å². The van der Waals surface area contributed by atoms with Crippen molar-refractivity contribution in [1.82, 2.24) is 4.90 Å². The number of rotatable bonds is 5. The number of piperidine rings is 1. The number of benzene rings is 1. The molecule has 1 heterocycles. The van der Waals surface area contributed by atoms with E-state index >= 15 is 0 Å². The molecular weight excluding hydrogens is 286 g/mol. The molecule has 1 N–H and O–H groups in total.